The van der Waals surface area contributed by atoms with Gasteiger partial charge in [-0.15, -0.1) is 11.3 Å². The lowest BCUT2D eigenvalue weighted by molar-refractivity contribution is 0.0700. The van der Waals surface area contributed by atoms with Crippen molar-refractivity contribution in [3.8, 4) is 5.75 Å². The Bertz CT molecular complexity index is 588. The molecule has 0 aliphatic heterocycles. The summed E-state index contributed by atoms with van der Waals surface area (Å²) >= 11 is 6.57. The molecule has 18 heavy (non-hydrogen) atoms. The number of ether oxygens (including phenoxy) is 1. The zero-order chi connectivity index (χ0) is 13.1. The average molecular weight is 283 g/mol. The number of aromatic carboxylic acids is 1. The third kappa shape index (κ3) is 2.88. The van der Waals surface area contributed by atoms with Crippen molar-refractivity contribution in [1.29, 1.82) is 0 Å². The van der Waals surface area contributed by atoms with Crippen molar-refractivity contribution in [2.45, 2.75) is 0 Å². The molecule has 0 fully saturated rings. The van der Waals surface area contributed by atoms with Gasteiger partial charge in [0, 0.05) is 5.02 Å². The Morgan fingerprint density at radius 1 is 1.06 bits per heavy atom. The standard InChI is InChI=1S/C12H7ClO4S/c13-7-1-3-8(4-2-7)17-12(16)10-6-5-9(18-10)11(14)15/h1-6H,(H,14,15). The van der Waals surface area contributed by atoms with E-state index in [1.807, 2.05) is 0 Å². The van der Waals surface area contributed by atoms with Gasteiger partial charge in [0.05, 0.1) is 0 Å². The Kier molecular flexibility index (Phi) is 3.64. The van der Waals surface area contributed by atoms with Crippen molar-refractivity contribution in [2.24, 2.45) is 0 Å². The Balaban J connectivity index is 2.11. The van der Waals surface area contributed by atoms with E-state index >= 15 is 0 Å². The topological polar surface area (TPSA) is 63.6 Å². The molecule has 4 nitrogen and oxygen atoms in total. The molecule has 1 aromatic carbocycles. The van der Waals surface area contributed by atoms with Crippen LogP contribution in [0.25, 0.3) is 0 Å². The summed E-state index contributed by atoms with van der Waals surface area (Å²) in [6.07, 6.45) is 0. The fourth-order valence-electron chi connectivity index (χ4n) is 1.22. The molecule has 0 aliphatic rings. The van der Waals surface area contributed by atoms with E-state index < -0.39 is 11.9 Å². The summed E-state index contributed by atoms with van der Waals surface area (Å²) in [6, 6.07) is 9.11. The first-order valence-electron chi connectivity index (χ1n) is 4.87. The zero-order valence-electron chi connectivity index (χ0n) is 8.92. The van der Waals surface area contributed by atoms with Crippen molar-refractivity contribution < 1.29 is 19.4 Å². The lowest BCUT2D eigenvalue weighted by atomic mass is 10.3. The van der Waals surface area contributed by atoms with Gasteiger partial charge in [-0.3, -0.25) is 0 Å². The number of carboxylic acids is 1. The highest BCUT2D eigenvalue weighted by atomic mass is 35.5. The van der Waals surface area contributed by atoms with Crippen LogP contribution in [0.3, 0.4) is 0 Å². The van der Waals surface area contributed by atoms with Gasteiger partial charge in [0.2, 0.25) is 0 Å². The van der Waals surface area contributed by atoms with Crippen molar-refractivity contribution in [2.75, 3.05) is 0 Å². The second kappa shape index (κ2) is 5.20. The van der Waals surface area contributed by atoms with Crippen molar-refractivity contribution >= 4 is 34.9 Å². The molecule has 92 valence electrons. The predicted molar refractivity (Wildman–Crippen MR) is 67.7 cm³/mol. The third-order valence-corrected chi connectivity index (χ3v) is 3.35. The number of benzene rings is 1. The van der Waals surface area contributed by atoms with Crippen molar-refractivity contribution in [1.82, 2.24) is 0 Å². The van der Waals surface area contributed by atoms with E-state index in [1.165, 1.54) is 12.1 Å². The van der Waals surface area contributed by atoms with Crippen LogP contribution in [0.1, 0.15) is 19.3 Å². The summed E-state index contributed by atoms with van der Waals surface area (Å²) in [5, 5.41) is 9.28. The molecule has 0 spiro atoms. The first-order valence-corrected chi connectivity index (χ1v) is 6.06. The van der Waals surface area contributed by atoms with Crippen LogP contribution in [0.15, 0.2) is 36.4 Å². The minimum absolute atomic E-state index is 0.0954. The monoisotopic (exact) mass is 282 g/mol. The van der Waals surface area contributed by atoms with E-state index in [0.717, 1.165) is 11.3 Å². The number of esters is 1. The second-order valence-corrected chi connectivity index (χ2v) is 4.83. The van der Waals surface area contributed by atoms with Crippen LogP contribution in [0.4, 0.5) is 0 Å². The van der Waals surface area contributed by atoms with Gasteiger partial charge in [0.15, 0.2) is 0 Å². The maximum absolute atomic E-state index is 11.7. The Morgan fingerprint density at radius 3 is 2.22 bits per heavy atom. The van der Waals surface area contributed by atoms with E-state index in [2.05, 4.69) is 0 Å². The molecule has 6 heteroatoms. The summed E-state index contributed by atoms with van der Waals surface area (Å²) in [5.74, 6) is -1.30. The average Bonchev–Trinajstić information content (AvgIpc) is 2.81. The van der Waals surface area contributed by atoms with E-state index in [1.54, 1.807) is 24.3 Å². The van der Waals surface area contributed by atoms with E-state index in [9.17, 15) is 9.59 Å². The minimum Gasteiger partial charge on any atom is -0.477 e. The maximum Gasteiger partial charge on any atom is 0.353 e. The molecule has 0 aliphatic carbocycles. The van der Waals surface area contributed by atoms with Gasteiger partial charge in [0.1, 0.15) is 15.5 Å². The maximum atomic E-state index is 11.7. The highest BCUT2D eigenvalue weighted by molar-refractivity contribution is 7.15. The number of thiophene rings is 1. The molecule has 2 rings (SSSR count). The molecule has 1 heterocycles. The highest BCUT2D eigenvalue weighted by Crippen LogP contribution is 2.20. The normalized spacial score (nSPS) is 10.1. The summed E-state index contributed by atoms with van der Waals surface area (Å²) in [5.41, 5.74) is 0. The number of hydrogen-bond acceptors (Lipinski definition) is 4. The molecular formula is C12H7ClO4S. The van der Waals surface area contributed by atoms with Gasteiger partial charge >= 0.3 is 11.9 Å². The number of carbonyl (C=O) groups is 2. The van der Waals surface area contributed by atoms with Crippen LogP contribution in [-0.4, -0.2) is 17.0 Å². The van der Waals surface area contributed by atoms with Crippen LogP contribution >= 0.6 is 22.9 Å². The lowest BCUT2D eigenvalue weighted by Crippen LogP contribution is -2.06. The molecule has 0 bridgehead atoms. The summed E-state index contributed by atoms with van der Waals surface area (Å²) < 4.78 is 5.07. The van der Waals surface area contributed by atoms with Gasteiger partial charge in [-0.2, -0.15) is 0 Å². The lowest BCUT2D eigenvalue weighted by Gasteiger charge is -2.01. The first-order chi connectivity index (χ1) is 8.56. The molecule has 0 radical (unpaired) electrons. The van der Waals surface area contributed by atoms with Crippen LogP contribution in [0.2, 0.25) is 5.02 Å². The van der Waals surface area contributed by atoms with Crippen LogP contribution < -0.4 is 4.74 Å². The molecule has 0 atom stereocenters. The second-order valence-electron chi connectivity index (χ2n) is 3.31. The fraction of sp³-hybridized carbons (Fsp3) is 0. The molecular weight excluding hydrogens is 276 g/mol. The smallest absolute Gasteiger partial charge is 0.353 e. The van der Waals surface area contributed by atoms with E-state index in [-0.39, 0.29) is 9.75 Å². The molecule has 0 saturated heterocycles. The van der Waals surface area contributed by atoms with Crippen LogP contribution in [0, 0.1) is 0 Å². The number of carboxylic acid groups (broad SMARTS) is 1. The minimum atomic E-state index is -1.06. The van der Waals surface area contributed by atoms with Crippen molar-refractivity contribution in [3.05, 3.63) is 51.2 Å². The summed E-state index contributed by atoms with van der Waals surface area (Å²) in [6.45, 7) is 0. The van der Waals surface area contributed by atoms with Gasteiger partial charge in [-0.1, -0.05) is 11.6 Å². The SMILES string of the molecule is O=C(O)c1ccc(C(=O)Oc2ccc(Cl)cc2)s1. The summed E-state index contributed by atoms with van der Waals surface area (Å²) in [4.78, 5) is 22.7. The van der Waals surface area contributed by atoms with Gasteiger partial charge in [-0.25, -0.2) is 9.59 Å². The van der Waals surface area contributed by atoms with Gasteiger partial charge in [-0.05, 0) is 36.4 Å². The molecule has 0 unspecified atom stereocenters. The van der Waals surface area contributed by atoms with Gasteiger partial charge in [0.25, 0.3) is 0 Å². The molecule has 0 amide bonds. The largest absolute Gasteiger partial charge is 0.477 e. The van der Waals surface area contributed by atoms with Crippen molar-refractivity contribution in [3.63, 3.8) is 0 Å². The Hall–Kier alpha value is -1.85. The van der Waals surface area contributed by atoms with Crippen LogP contribution in [-0.2, 0) is 0 Å². The number of rotatable bonds is 3. The molecule has 0 saturated carbocycles. The molecule has 1 aromatic heterocycles. The number of carbonyl (C=O) groups excluding carboxylic acids is 1. The quantitative estimate of drug-likeness (QED) is 0.693. The van der Waals surface area contributed by atoms with Crippen LogP contribution in [0.5, 0.6) is 5.75 Å². The summed E-state index contributed by atoms with van der Waals surface area (Å²) in [7, 11) is 0. The van der Waals surface area contributed by atoms with E-state index in [0.29, 0.717) is 10.8 Å². The fourth-order valence-corrected chi connectivity index (χ4v) is 2.07. The number of hydrogen-bond donors (Lipinski definition) is 1. The van der Waals surface area contributed by atoms with Gasteiger partial charge < -0.3 is 9.84 Å². The van der Waals surface area contributed by atoms with E-state index in [4.69, 9.17) is 21.4 Å². The Morgan fingerprint density at radius 2 is 1.67 bits per heavy atom. The highest BCUT2D eigenvalue weighted by Gasteiger charge is 2.14. The predicted octanol–water partition coefficient (Wildman–Crippen LogP) is 3.32. The first kappa shape index (κ1) is 12.6. The molecule has 2 aromatic rings. The third-order valence-electron chi connectivity index (χ3n) is 2.04. The zero-order valence-corrected chi connectivity index (χ0v) is 10.5. The molecule has 1 N–H and O–H groups in total. The number of halogens is 1. The Labute approximate surface area is 111 Å².